The van der Waals surface area contributed by atoms with Gasteiger partial charge in [-0.25, -0.2) is 9.59 Å². The van der Waals surface area contributed by atoms with Gasteiger partial charge in [-0.1, -0.05) is 0 Å². The van der Waals surface area contributed by atoms with Crippen molar-refractivity contribution in [2.45, 2.75) is 0 Å². The molecule has 0 radical (unpaired) electrons. The fraction of sp³-hybridized carbons (Fsp3) is 0.200. The summed E-state index contributed by atoms with van der Waals surface area (Å²) in [6, 6.07) is 3.90. The minimum absolute atomic E-state index is 0.0250. The molecular formula is C10H12N2O4. The van der Waals surface area contributed by atoms with Crippen molar-refractivity contribution in [3.8, 4) is 5.75 Å². The Bertz CT molecular complexity index is 417. The lowest BCUT2D eigenvalue weighted by Crippen LogP contribution is -2.25. The van der Waals surface area contributed by atoms with Crippen LogP contribution in [0.1, 0.15) is 10.4 Å². The molecule has 0 saturated heterocycles. The lowest BCUT2D eigenvalue weighted by Gasteiger charge is -2.09. The van der Waals surface area contributed by atoms with E-state index in [1.165, 1.54) is 26.3 Å². The van der Waals surface area contributed by atoms with Crippen molar-refractivity contribution in [1.82, 2.24) is 5.32 Å². The summed E-state index contributed by atoms with van der Waals surface area (Å²) in [5.74, 6) is -0.717. The van der Waals surface area contributed by atoms with E-state index < -0.39 is 12.0 Å². The van der Waals surface area contributed by atoms with Crippen LogP contribution in [0.15, 0.2) is 18.2 Å². The first-order valence-electron chi connectivity index (χ1n) is 4.48. The second-order valence-corrected chi connectivity index (χ2v) is 2.92. The van der Waals surface area contributed by atoms with Crippen molar-refractivity contribution >= 4 is 17.7 Å². The summed E-state index contributed by atoms with van der Waals surface area (Å²) in [6.07, 6.45) is 0. The molecule has 1 rings (SSSR count). The molecule has 0 saturated carbocycles. The number of nitrogens with one attached hydrogen (secondary N) is 2. The van der Waals surface area contributed by atoms with Crippen LogP contribution in [-0.2, 0) is 0 Å². The predicted octanol–water partition coefficient (Wildman–Crippen LogP) is 1.14. The van der Waals surface area contributed by atoms with E-state index in [-0.39, 0.29) is 11.3 Å². The zero-order valence-electron chi connectivity index (χ0n) is 8.90. The van der Waals surface area contributed by atoms with Gasteiger partial charge in [-0.15, -0.1) is 0 Å². The number of rotatable bonds is 3. The lowest BCUT2D eigenvalue weighted by molar-refractivity contribution is 0.0697. The predicted molar refractivity (Wildman–Crippen MR) is 58.0 cm³/mol. The standard InChI is InChI=1S/C10H12N2O4/c1-11-10(15)12-8-4-3-6(16-2)5-7(8)9(13)14/h3-5H,1-2H3,(H,13,14)(H2,11,12,15). The minimum Gasteiger partial charge on any atom is -0.497 e. The average Bonchev–Trinajstić information content (AvgIpc) is 2.29. The van der Waals surface area contributed by atoms with Crippen LogP contribution in [0.25, 0.3) is 0 Å². The molecule has 0 aliphatic rings. The van der Waals surface area contributed by atoms with Crippen molar-refractivity contribution in [3.63, 3.8) is 0 Å². The molecule has 6 nitrogen and oxygen atoms in total. The monoisotopic (exact) mass is 224 g/mol. The maximum absolute atomic E-state index is 11.1. The Kier molecular flexibility index (Phi) is 3.71. The van der Waals surface area contributed by atoms with Crippen LogP contribution in [0.3, 0.4) is 0 Å². The summed E-state index contributed by atoms with van der Waals surface area (Å²) in [7, 11) is 2.88. The number of hydrogen-bond donors (Lipinski definition) is 3. The number of carboxylic acids is 1. The Balaban J connectivity index is 3.08. The third-order valence-corrected chi connectivity index (χ3v) is 1.93. The molecule has 2 amide bonds. The highest BCUT2D eigenvalue weighted by Crippen LogP contribution is 2.21. The van der Waals surface area contributed by atoms with Crippen LogP contribution in [-0.4, -0.2) is 31.3 Å². The number of anilines is 1. The number of carbonyl (C=O) groups excluding carboxylic acids is 1. The molecular weight excluding hydrogens is 212 g/mol. The molecule has 0 fully saturated rings. The first kappa shape index (κ1) is 11.8. The number of carbonyl (C=O) groups is 2. The van der Waals surface area contributed by atoms with E-state index >= 15 is 0 Å². The van der Waals surface area contributed by atoms with E-state index in [1.54, 1.807) is 6.07 Å². The quantitative estimate of drug-likeness (QED) is 0.718. The smallest absolute Gasteiger partial charge is 0.337 e. The Hall–Kier alpha value is -2.24. The van der Waals surface area contributed by atoms with Gasteiger partial charge in [-0.05, 0) is 18.2 Å². The molecule has 3 N–H and O–H groups in total. The van der Waals surface area contributed by atoms with Gasteiger partial charge in [0.15, 0.2) is 0 Å². The first-order chi connectivity index (χ1) is 7.58. The van der Waals surface area contributed by atoms with Gasteiger partial charge in [-0.3, -0.25) is 0 Å². The highest BCUT2D eigenvalue weighted by Gasteiger charge is 2.12. The molecule has 16 heavy (non-hydrogen) atoms. The molecule has 0 aliphatic heterocycles. The SMILES string of the molecule is CNC(=O)Nc1ccc(OC)cc1C(=O)O. The normalized spacial score (nSPS) is 9.38. The average molecular weight is 224 g/mol. The minimum atomic E-state index is -1.13. The Morgan fingerprint density at radius 3 is 2.56 bits per heavy atom. The molecule has 0 unspecified atom stereocenters. The van der Waals surface area contributed by atoms with E-state index in [1.807, 2.05) is 0 Å². The van der Waals surface area contributed by atoms with E-state index in [9.17, 15) is 9.59 Å². The maximum Gasteiger partial charge on any atom is 0.337 e. The van der Waals surface area contributed by atoms with E-state index in [4.69, 9.17) is 9.84 Å². The molecule has 0 atom stereocenters. The fourth-order valence-electron chi connectivity index (χ4n) is 1.12. The topological polar surface area (TPSA) is 87.7 Å². The number of ether oxygens (including phenoxy) is 1. The van der Waals surface area contributed by atoms with E-state index in [0.717, 1.165) is 0 Å². The summed E-state index contributed by atoms with van der Waals surface area (Å²) in [4.78, 5) is 22.0. The number of hydrogen-bond acceptors (Lipinski definition) is 3. The van der Waals surface area contributed by atoms with Crippen LogP contribution in [0, 0.1) is 0 Å². The van der Waals surface area contributed by atoms with Crippen molar-refractivity contribution in [2.24, 2.45) is 0 Å². The lowest BCUT2D eigenvalue weighted by atomic mass is 10.1. The number of benzene rings is 1. The van der Waals surface area contributed by atoms with Crippen LogP contribution < -0.4 is 15.4 Å². The fourth-order valence-corrected chi connectivity index (χ4v) is 1.12. The Morgan fingerprint density at radius 2 is 2.06 bits per heavy atom. The van der Waals surface area contributed by atoms with Crippen LogP contribution in [0.5, 0.6) is 5.75 Å². The molecule has 6 heteroatoms. The molecule has 0 bridgehead atoms. The molecule has 1 aromatic carbocycles. The zero-order chi connectivity index (χ0) is 12.1. The number of amides is 2. The highest BCUT2D eigenvalue weighted by atomic mass is 16.5. The Labute approximate surface area is 92.2 Å². The van der Waals surface area contributed by atoms with Crippen molar-refractivity contribution in [3.05, 3.63) is 23.8 Å². The van der Waals surface area contributed by atoms with E-state index in [2.05, 4.69) is 10.6 Å². The largest absolute Gasteiger partial charge is 0.497 e. The number of carboxylic acid groups (broad SMARTS) is 1. The summed E-state index contributed by atoms with van der Waals surface area (Å²) < 4.78 is 4.90. The van der Waals surface area contributed by atoms with Gasteiger partial charge in [0.2, 0.25) is 0 Å². The molecule has 86 valence electrons. The number of aromatic carboxylic acids is 1. The summed E-state index contributed by atoms with van der Waals surface area (Å²) in [5.41, 5.74) is 0.190. The third-order valence-electron chi connectivity index (χ3n) is 1.93. The van der Waals surface area contributed by atoms with Crippen LogP contribution in [0.2, 0.25) is 0 Å². The second kappa shape index (κ2) is 5.01. The summed E-state index contributed by atoms with van der Waals surface area (Å²) in [5, 5.41) is 13.7. The molecule has 0 aliphatic carbocycles. The van der Waals surface area contributed by atoms with Crippen LogP contribution >= 0.6 is 0 Å². The molecule has 0 heterocycles. The molecule has 1 aromatic rings. The van der Waals surface area contributed by atoms with Crippen molar-refractivity contribution < 1.29 is 19.4 Å². The highest BCUT2D eigenvalue weighted by molar-refractivity contribution is 6.00. The maximum atomic E-state index is 11.1. The van der Waals surface area contributed by atoms with E-state index in [0.29, 0.717) is 5.75 Å². The first-order valence-corrected chi connectivity index (χ1v) is 4.48. The third kappa shape index (κ3) is 2.63. The Morgan fingerprint density at radius 1 is 1.38 bits per heavy atom. The van der Waals surface area contributed by atoms with Gasteiger partial charge in [0, 0.05) is 7.05 Å². The van der Waals surface area contributed by atoms with Gasteiger partial charge in [0.25, 0.3) is 0 Å². The van der Waals surface area contributed by atoms with Crippen molar-refractivity contribution in [1.29, 1.82) is 0 Å². The zero-order valence-corrected chi connectivity index (χ0v) is 8.90. The summed E-state index contributed by atoms with van der Waals surface area (Å²) in [6.45, 7) is 0. The molecule has 0 spiro atoms. The van der Waals surface area contributed by atoms with Gasteiger partial charge >= 0.3 is 12.0 Å². The van der Waals surface area contributed by atoms with Gasteiger partial charge in [0.1, 0.15) is 5.75 Å². The van der Waals surface area contributed by atoms with Gasteiger partial charge < -0.3 is 20.5 Å². The van der Waals surface area contributed by atoms with Crippen molar-refractivity contribution in [2.75, 3.05) is 19.5 Å². The summed E-state index contributed by atoms with van der Waals surface area (Å²) >= 11 is 0. The van der Waals surface area contributed by atoms with Gasteiger partial charge in [0.05, 0.1) is 18.4 Å². The second-order valence-electron chi connectivity index (χ2n) is 2.92. The number of methoxy groups -OCH3 is 1. The molecule has 0 aromatic heterocycles. The van der Waals surface area contributed by atoms with Crippen LogP contribution in [0.4, 0.5) is 10.5 Å². The van der Waals surface area contributed by atoms with Gasteiger partial charge in [-0.2, -0.15) is 0 Å². The number of urea groups is 1.